The lowest BCUT2D eigenvalue weighted by atomic mass is 9.89. The zero-order valence-corrected chi connectivity index (χ0v) is 26.5. The molecule has 9 heteroatoms. The molecule has 234 valence electrons. The molecule has 44 heavy (non-hydrogen) atoms. The number of nitrogens with zero attached hydrogens (tertiary/aromatic N) is 2. The third-order valence-corrected chi connectivity index (χ3v) is 7.87. The number of nitrogens with two attached hydrogens (primary N) is 1. The fourth-order valence-electron chi connectivity index (χ4n) is 5.22. The van der Waals surface area contributed by atoms with Gasteiger partial charge in [0.05, 0.1) is 6.04 Å². The highest BCUT2D eigenvalue weighted by Crippen LogP contribution is 2.28. The molecular formula is C35H45ClN6O2. The summed E-state index contributed by atoms with van der Waals surface area (Å²) in [7, 11) is 1.63. The molecule has 0 radical (unpaired) electrons. The highest BCUT2D eigenvalue weighted by Gasteiger charge is 2.32. The van der Waals surface area contributed by atoms with Gasteiger partial charge in [0, 0.05) is 56.3 Å². The predicted molar refractivity (Wildman–Crippen MR) is 182 cm³/mol. The number of benzene rings is 2. The molecule has 0 bridgehead atoms. The fraction of sp³-hybridized carbons (Fsp3) is 0.343. The number of hydrogen-bond acceptors (Lipinski definition) is 4. The maximum absolute atomic E-state index is 14.0. The lowest BCUT2D eigenvalue weighted by Crippen LogP contribution is -2.49. The number of guanidine groups is 1. The minimum atomic E-state index is -0.412. The Bertz CT molecular complexity index is 1350. The normalized spacial score (nSPS) is 18.8. The van der Waals surface area contributed by atoms with Gasteiger partial charge in [-0.1, -0.05) is 91.0 Å². The number of halogens is 1. The smallest absolute Gasteiger partial charge is 0.244 e. The Hall–Kier alpha value is -4.14. The second-order valence-corrected chi connectivity index (χ2v) is 11.0. The monoisotopic (exact) mass is 616 g/mol. The molecule has 0 spiro atoms. The zero-order chi connectivity index (χ0) is 31.7. The molecule has 2 amide bonds. The molecule has 3 atom stereocenters. The van der Waals surface area contributed by atoms with Crippen LogP contribution < -0.4 is 21.7 Å². The van der Waals surface area contributed by atoms with Crippen LogP contribution in [0.1, 0.15) is 43.2 Å². The Labute approximate surface area is 266 Å². The Morgan fingerprint density at radius 1 is 1.18 bits per heavy atom. The van der Waals surface area contributed by atoms with E-state index in [1.54, 1.807) is 25.3 Å². The van der Waals surface area contributed by atoms with Crippen molar-refractivity contribution in [1.29, 1.82) is 0 Å². The molecule has 1 aliphatic rings. The molecule has 2 aromatic carbocycles. The first-order valence-electron chi connectivity index (χ1n) is 15.1. The van der Waals surface area contributed by atoms with E-state index in [0.29, 0.717) is 50.0 Å². The topological polar surface area (TPSA) is 112 Å². The summed E-state index contributed by atoms with van der Waals surface area (Å²) in [4.78, 5) is 32.6. The fourth-order valence-corrected chi connectivity index (χ4v) is 5.41. The summed E-state index contributed by atoms with van der Waals surface area (Å²) in [5.74, 6) is 0.176. The van der Waals surface area contributed by atoms with Gasteiger partial charge in [-0.3, -0.25) is 14.6 Å². The van der Waals surface area contributed by atoms with E-state index in [-0.39, 0.29) is 23.8 Å². The van der Waals surface area contributed by atoms with Crippen LogP contribution in [0.2, 0.25) is 5.02 Å². The Kier molecular flexibility index (Phi) is 14.4. The van der Waals surface area contributed by atoms with Crippen molar-refractivity contribution in [3.05, 3.63) is 113 Å². The van der Waals surface area contributed by atoms with Gasteiger partial charge in [-0.15, -0.1) is 0 Å². The number of aliphatic imine (C=N–C) groups is 1. The number of carbonyl (C=O) groups excluding carboxylic acids is 2. The van der Waals surface area contributed by atoms with Crippen LogP contribution in [0.25, 0.3) is 6.08 Å². The molecule has 1 heterocycles. The van der Waals surface area contributed by atoms with Gasteiger partial charge in [-0.05, 0) is 55.0 Å². The van der Waals surface area contributed by atoms with Crippen molar-refractivity contribution in [2.24, 2.45) is 10.7 Å². The third-order valence-electron chi connectivity index (χ3n) is 7.53. The van der Waals surface area contributed by atoms with E-state index >= 15 is 0 Å². The summed E-state index contributed by atoms with van der Waals surface area (Å²) in [6.07, 6.45) is 13.1. The largest absolute Gasteiger partial charge is 0.370 e. The van der Waals surface area contributed by atoms with Gasteiger partial charge >= 0.3 is 0 Å². The molecule has 1 aliphatic heterocycles. The van der Waals surface area contributed by atoms with E-state index in [0.717, 1.165) is 23.1 Å². The molecule has 1 saturated heterocycles. The molecule has 3 rings (SSSR count). The van der Waals surface area contributed by atoms with Crippen LogP contribution in [0.3, 0.4) is 0 Å². The van der Waals surface area contributed by atoms with Crippen molar-refractivity contribution in [1.82, 2.24) is 20.9 Å². The standard InChI is InChI=1S/C35H45ClN6O2/c1-4-12-26(13-5-2)30(27-14-7-6-8-15-27)25-42-23-21-29(41-32(34(42)44)18-11-22-39-35(37)38-3)24-40-33(43)20-19-28-16-9-10-17-31(28)36/h4-10,12-17,19-20,29-30,32,41H,1,11,18,21-25H2,2-3H3,(H,40,43)(H3,37,38,39)/b13-5-,20-19+,26-12+. The van der Waals surface area contributed by atoms with Crippen LogP contribution in [0.15, 0.2) is 102 Å². The maximum Gasteiger partial charge on any atom is 0.244 e. The minimum Gasteiger partial charge on any atom is -0.370 e. The van der Waals surface area contributed by atoms with Crippen LogP contribution in [0.4, 0.5) is 0 Å². The van der Waals surface area contributed by atoms with Gasteiger partial charge < -0.3 is 26.6 Å². The Balaban J connectivity index is 1.77. The van der Waals surface area contributed by atoms with Crippen molar-refractivity contribution in [3.63, 3.8) is 0 Å². The van der Waals surface area contributed by atoms with E-state index < -0.39 is 6.04 Å². The van der Waals surface area contributed by atoms with Crippen LogP contribution in [0, 0.1) is 0 Å². The number of hydrogen-bond donors (Lipinski definition) is 4. The van der Waals surface area contributed by atoms with Crippen molar-refractivity contribution >= 4 is 35.5 Å². The second-order valence-electron chi connectivity index (χ2n) is 10.6. The molecule has 2 aromatic rings. The van der Waals surface area contributed by atoms with Crippen LogP contribution in [0.5, 0.6) is 0 Å². The van der Waals surface area contributed by atoms with E-state index in [1.807, 2.05) is 60.4 Å². The van der Waals surface area contributed by atoms with E-state index in [2.05, 4.69) is 45.7 Å². The summed E-state index contributed by atoms with van der Waals surface area (Å²) < 4.78 is 0. The first-order chi connectivity index (χ1) is 21.4. The molecule has 8 nitrogen and oxygen atoms in total. The van der Waals surface area contributed by atoms with Gasteiger partial charge in [0.2, 0.25) is 11.8 Å². The molecule has 0 aliphatic carbocycles. The third kappa shape index (κ3) is 10.8. The lowest BCUT2D eigenvalue weighted by molar-refractivity contribution is -0.133. The molecule has 1 fully saturated rings. The van der Waals surface area contributed by atoms with Gasteiger partial charge in [-0.25, -0.2) is 0 Å². The number of allylic oxidation sites excluding steroid dienone is 4. The summed E-state index contributed by atoms with van der Waals surface area (Å²) in [5, 5.41) is 10.2. The van der Waals surface area contributed by atoms with E-state index in [4.69, 9.17) is 17.3 Å². The van der Waals surface area contributed by atoms with Crippen LogP contribution in [-0.2, 0) is 9.59 Å². The van der Waals surface area contributed by atoms with E-state index in [1.165, 1.54) is 6.08 Å². The molecule has 3 unspecified atom stereocenters. The maximum atomic E-state index is 14.0. The van der Waals surface area contributed by atoms with Crippen molar-refractivity contribution in [2.75, 3.05) is 33.2 Å². The van der Waals surface area contributed by atoms with Crippen molar-refractivity contribution < 1.29 is 9.59 Å². The SMILES string of the molecule is C=C/C=C(\C=C/C)C(CN1CCC(CNC(=O)/C=C/c2ccccc2Cl)NC(CCCNC(N)=NC)C1=O)c1ccccc1. The lowest BCUT2D eigenvalue weighted by Gasteiger charge is -2.30. The molecular weight excluding hydrogens is 572 g/mol. The number of carbonyl (C=O) groups is 2. The minimum absolute atomic E-state index is 0.0246. The van der Waals surface area contributed by atoms with Gasteiger partial charge in [0.25, 0.3) is 0 Å². The van der Waals surface area contributed by atoms with Gasteiger partial charge in [0.1, 0.15) is 0 Å². The molecule has 0 saturated carbocycles. The van der Waals surface area contributed by atoms with Gasteiger partial charge in [0.15, 0.2) is 5.96 Å². The number of nitrogens with one attached hydrogen (secondary N) is 3. The second kappa shape index (κ2) is 18.5. The van der Waals surface area contributed by atoms with Crippen molar-refractivity contribution in [3.8, 4) is 0 Å². The Morgan fingerprint density at radius 3 is 2.64 bits per heavy atom. The van der Waals surface area contributed by atoms with E-state index in [9.17, 15) is 9.59 Å². The quantitative estimate of drug-likeness (QED) is 0.0800. The summed E-state index contributed by atoms with van der Waals surface area (Å²) in [6.45, 7) is 7.98. The molecule has 5 N–H and O–H groups in total. The number of amides is 2. The number of rotatable bonds is 14. The highest BCUT2D eigenvalue weighted by atomic mass is 35.5. The van der Waals surface area contributed by atoms with Crippen LogP contribution in [-0.4, -0.2) is 68.0 Å². The average Bonchev–Trinajstić information content (AvgIpc) is 3.18. The van der Waals surface area contributed by atoms with Crippen molar-refractivity contribution in [2.45, 2.75) is 44.2 Å². The Morgan fingerprint density at radius 2 is 1.93 bits per heavy atom. The summed E-state index contributed by atoms with van der Waals surface area (Å²) in [6, 6.07) is 17.1. The average molecular weight is 617 g/mol. The first-order valence-corrected chi connectivity index (χ1v) is 15.5. The zero-order valence-electron chi connectivity index (χ0n) is 25.7. The predicted octanol–water partition coefficient (Wildman–Crippen LogP) is 4.82. The highest BCUT2D eigenvalue weighted by molar-refractivity contribution is 6.32. The van der Waals surface area contributed by atoms with Gasteiger partial charge in [-0.2, -0.15) is 0 Å². The molecule has 0 aromatic heterocycles. The first kappa shape index (κ1) is 34.4. The summed E-state index contributed by atoms with van der Waals surface area (Å²) in [5.41, 5.74) is 8.78. The van der Waals surface area contributed by atoms with Crippen LogP contribution >= 0.6 is 11.6 Å². The summed E-state index contributed by atoms with van der Waals surface area (Å²) >= 11 is 6.22.